The molecule has 0 heterocycles. The van der Waals surface area contributed by atoms with Crippen LogP contribution >= 0.6 is 23.4 Å². The predicted molar refractivity (Wildman–Crippen MR) is 77.8 cm³/mol. The highest BCUT2D eigenvalue weighted by atomic mass is 35.5. The lowest BCUT2D eigenvalue weighted by atomic mass is 10.1. The second-order valence-corrected chi connectivity index (χ2v) is 5.35. The summed E-state index contributed by atoms with van der Waals surface area (Å²) in [4.78, 5) is 0.753. The summed E-state index contributed by atoms with van der Waals surface area (Å²) in [6.07, 6.45) is -4.41. The zero-order chi connectivity index (χ0) is 14.6. The molecule has 0 atom stereocenters. The van der Waals surface area contributed by atoms with Gasteiger partial charge in [-0.15, -0.1) is 0 Å². The van der Waals surface area contributed by atoms with E-state index in [-0.39, 0.29) is 5.56 Å². The van der Waals surface area contributed by atoms with Gasteiger partial charge >= 0.3 is 6.18 Å². The molecule has 0 nitrogen and oxygen atoms in total. The summed E-state index contributed by atoms with van der Waals surface area (Å²) in [7, 11) is 0. The first-order valence-electron chi connectivity index (χ1n) is 5.72. The Hall–Kier alpha value is -1.39. The van der Waals surface area contributed by atoms with Gasteiger partial charge in [-0.3, -0.25) is 0 Å². The highest BCUT2D eigenvalue weighted by Crippen LogP contribution is 2.37. The van der Waals surface area contributed by atoms with Crippen LogP contribution in [0.15, 0.2) is 64.9 Å². The first-order valence-corrected chi connectivity index (χ1v) is 6.97. The average molecular weight is 315 g/mol. The van der Waals surface area contributed by atoms with E-state index in [0.717, 1.165) is 22.1 Å². The first kappa shape index (κ1) is 15.0. The number of hydrogen-bond donors (Lipinski definition) is 0. The van der Waals surface area contributed by atoms with Crippen molar-refractivity contribution in [1.82, 2.24) is 0 Å². The van der Waals surface area contributed by atoms with Crippen molar-refractivity contribution in [2.24, 2.45) is 0 Å². The van der Waals surface area contributed by atoms with Crippen molar-refractivity contribution in [2.75, 3.05) is 0 Å². The molecule has 0 radical (unpaired) electrons. The standard InChI is InChI=1S/C15H10ClF3S/c16-12-8-6-11(7-9-12)14(15(17,18)19)10-20-13-4-2-1-3-5-13/h1-10H/b14-10+. The third kappa shape index (κ3) is 4.05. The summed E-state index contributed by atoms with van der Waals surface area (Å²) in [6.45, 7) is 0. The molecular weight excluding hydrogens is 305 g/mol. The molecule has 0 saturated carbocycles. The van der Waals surface area contributed by atoms with Crippen molar-refractivity contribution < 1.29 is 13.2 Å². The number of rotatable bonds is 3. The maximum Gasteiger partial charge on any atom is 0.417 e. The quantitative estimate of drug-likeness (QED) is 0.623. The number of alkyl halides is 3. The van der Waals surface area contributed by atoms with E-state index in [0.29, 0.717) is 5.02 Å². The van der Waals surface area contributed by atoms with Crippen LogP contribution in [0.1, 0.15) is 5.56 Å². The Balaban J connectivity index is 2.31. The lowest BCUT2D eigenvalue weighted by molar-refractivity contribution is -0.0687. The normalized spacial score (nSPS) is 12.5. The highest BCUT2D eigenvalue weighted by Gasteiger charge is 2.34. The molecule has 0 saturated heterocycles. The van der Waals surface area contributed by atoms with Gasteiger partial charge in [0.25, 0.3) is 0 Å². The summed E-state index contributed by atoms with van der Waals surface area (Å²) >= 11 is 6.74. The van der Waals surface area contributed by atoms with Gasteiger partial charge in [0.1, 0.15) is 0 Å². The fourth-order valence-electron chi connectivity index (χ4n) is 1.55. The smallest absolute Gasteiger partial charge is 0.166 e. The molecule has 0 fully saturated rings. The van der Waals surface area contributed by atoms with Crippen molar-refractivity contribution in [2.45, 2.75) is 11.1 Å². The zero-order valence-electron chi connectivity index (χ0n) is 10.2. The van der Waals surface area contributed by atoms with Crippen LogP contribution in [0.4, 0.5) is 13.2 Å². The summed E-state index contributed by atoms with van der Waals surface area (Å²) < 4.78 is 39.3. The average Bonchev–Trinajstić information content (AvgIpc) is 2.41. The SMILES string of the molecule is FC(F)(F)/C(=C/Sc1ccccc1)c1ccc(Cl)cc1. The van der Waals surface area contributed by atoms with E-state index < -0.39 is 11.7 Å². The van der Waals surface area contributed by atoms with E-state index >= 15 is 0 Å². The molecule has 20 heavy (non-hydrogen) atoms. The topological polar surface area (TPSA) is 0 Å². The van der Waals surface area contributed by atoms with Crippen LogP contribution in [0.2, 0.25) is 5.02 Å². The van der Waals surface area contributed by atoms with Gasteiger partial charge in [-0.1, -0.05) is 53.7 Å². The van der Waals surface area contributed by atoms with Gasteiger partial charge in [0, 0.05) is 9.92 Å². The largest absolute Gasteiger partial charge is 0.417 e. The van der Waals surface area contributed by atoms with Crippen LogP contribution in [0, 0.1) is 0 Å². The van der Waals surface area contributed by atoms with Crippen molar-refractivity contribution in [3.8, 4) is 0 Å². The van der Waals surface area contributed by atoms with Crippen LogP contribution in [-0.4, -0.2) is 6.18 Å². The van der Waals surface area contributed by atoms with Crippen LogP contribution in [-0.2, 0) is 0 Å². The van der Waals surface area contributed by atoms with Gasteiger partial charge in [-0.25, -0.2) is 0 Å². The molecule has 5 heteroatoms. The number of thioether (sulfide) groups is 1. The Kier molecular flexibility index (Phi) is 4.78. The van der Waals surface area contributed by atoms with Crippen LogP contribution in [0.5, 0.6) is 0 Å². The van der Waals surface area contributed by atoms with E-state index in [9.17, 15) is 13.2 Å². The lowest BCUT2D eigenvalue weighted by Crippen LogP contribution is -2.10. The first-order chi connectivity index (χ1) is 9.47. The third-order valence-corrected chi connectivity index (χ3v) is 3.67. The van der Waals surface area contributed by atoms with Crippen molar-refractivity contribution in [3.63, 3.8) is 0 Å². The summed E-state index contributed by atoms with van der Waals surface area (Å²) in [5.74, 6) is 0. The van der Waals surface area contributed by atoms with E-state index in [2.05, 4.69) is 0 Å². The van der Waals surface area contributed by atoms with Gasteiger partial charge in [-0.2, -0.15) is 13.2 Å². The predicted octanol–water partition coefficient (Wildman–Crippen LogP) is 6.04. The molecular formula is C15H10ClF3S. The molecule has 0 aliphatic rings. The molecule has 0 spiro atoms. The van der Waals surface area contributed by atoms with Crippen molar-refractivity contribution >= 4 is 28.9 Å². The molecule has 0 aliphatic carbocycles. The van der Waals surface area contributed by atoms with E-state index in [1.807, 2.05) is 6.07 Å². The monoisotopic (exact) mass is 314 g/mol. The minimum atomic E-state index is -4.41. The van der Waals surface area contributed by atoms with E-state index in [1.54, 1.807) is 24.3 Å². The molecule has 0 N–H and O–H groups in total. The molecule has 0 bridgehead atoms. The maximum atomic E-state index is 13.1. The number of halogens is 4. The molecule has 0 aromatic heterocycles. The summed E-state index contributed by atoms with van der Waals surface area (Å²) in [6, 6.07) is 14.5. The second-order valence-electron chi connectivity index (χ2n) is 3.97. The van der Waals surface area contributed by atoms with Gasteiger partial charge < -0.3 is 0 Å². The summed E-state index contributed by atoms with van der Waals surface area (Å²) in [5.41, 5.74) is -0.576. The van der Waals surface area contributed by atoms with Gasteiger partial charge in [0.15, 0.2) is 0 Å². The second kappa shape index (κ2) is 6.37. The molecule has 0 unspecified atom stereocenters. The third-order valence-electron chi connectivity index (χ3n) is 2.52. The molecule has 2 rings (SSSR count). The van der Waals surface area contributed by atoms with Gasteiger partial charge in [0.2, 0.25) is 0 Å². The minimum Gasteiger partial charge on any atom is -0.166 e. The highest BCUT2D eigenvalue weighted by molar-refractivity contribution is 8.02. The lowest BCUT2D eigenvalue weighted by Gasteiger charge is -2.12. The zero-order valence-corrected chi connectivity index (χ0v) is 11.8. The molecule has 0 amide bonds. The maximum absolute atomic E-state index is 13.1. The van der Waals surface area contributed by atoms with Crippen LogP contribution in [0.3, 0.4) is 0 Å². The Morgan fingerprint density at radius 3 is 2.10 bits per heavy atom. The Labute approximate surface area is 124 Å². The van der Waals surface area contributed by atoms with E-state index in [1.165, 1.54) is 24.3 Å². The molecule has 0 aliphatic heterocycles. The molecule has 2 aromatic rings. The Morgan fingerprint density at radius 2 is 1.55 bits per heavy atom. The van der Waals surface area contributed by atoms with Gasteiger partial charge in [0.05, 0.1) is 5.57 Å². The van der Waals surface area contributed by atoms with Crippen molar-refractivity contribution in [3.05, 3.63) is 70.6 Å². The van der Waals surface area contributed by atoms with Crippen LogP contribution in [0.25, 0.3) is 5.57 Å². The van der Waals surface area contributed by atoms with Gasteiger partial charge in [-0.05, 0) is 35.2 Å². The fourth-order valence-corrected chi connectivity index (χ4v) is 2.52. The molecule has 104 valence electrons. The summed E-state index contributed by atoms with van der Waals surface area (Å²) in [5, 5.41) is 1.53. The fraction of sp³-hybridized carbons (Fsp3) is 0.0667. The number of benzene rings is 2. The Bertz CT molecular complexity index is 589. The van der Waals surface area contributed by atoms with Crippen molar-refractivity contribution in [1.29, 1.82) is 0 Å². The number of hydrogen-bond acceptors (Lipinski definition) is 1. The molecule has 2 aromatic carbocycles. The Morgan fingerprint density at radius 1 is 0.950 bits per heavy atom. The number of allylic oxidation sites excluding steroid dienone is 1. The van der Waals surface area contributed by atoms with E-state index in [4.69, 9.17) is 11.6 Å². The minimum absolute atomic E-state index is 0.102. The van der Waals surface area contributed by atoms with Crippen LogP contribution < -0.4 is 0 Å².